The van der Waals surface area contributed by atoms with Gasteiger partial charge < -0.3 is 10.6 Å². The summed E-state index contributed by atoms with van der Waals surface area (Å²) in [7, 11) is 0. The van der Waals surface area contributed by atoms with Gasteiger partial charge in [-0.2, -0.15) is 5.26 Å². The van der Waals surface area contributed by atoms with Crippen LogP contribution in [-0.2, 0) is 4.79 Å². The molecule has 1 fully saturated rings. The molecule has 72 valence electrons. The van der Waals surface area contributed by atoms with Crippen LogP contribution >= 0.6 is 0 Å². The van der Waals surface area contributed by atoms with Crippen LogP contribution in [0.3, 0.4) is 0 Å². The maximum absolute atomic E-state index is 11.6. The molecule has 1 saturated heterocycles. The second-order valence-corrected chi connectivity index (χ2v) is 3.74. The van der Waals surface area contributed by atoms with Crippen molar-refractivity contribution in [2.24, 2.45) is 11.7 Å². The van der Waals surface area contributed by atoms with Gasteiger partial charge in [0.05, 0.1) is 12.1 Å². The van der Waals surface area contributed by atoms with E-state index in [-0.39, 0.29) is 17.9 Å². The number of rotatable bonds is 2. The topological polar surface area (TPSA) is 70.1 Å². The number of nitrogens with two attached hydrogens (primary N) is 1. The molecule has 2 N–H and O–H groups in total. The summed E-state index contributed by atoms with van der Waals surface area (Å²) in [6, 6.07) is 1.38. The Morgan fingerprint density at radius 3 is 2.62 bits per heavy atom. The van der Waals surface area contributed by atoms with Crippen molar-refractivity contribution in [1.82, 2.24) is 4.90 Å². The summed E-state index contributed by atoms with van der Waals surface area (Å²) in [6.45, 7) is 4.49. The third-order valence-corrected chi connectivity index (χ3v) is 2.46. The van der Waals surface area contributed by atoms with Crippen LogP contribution < -0.4 is 5.73 Å². The van der Waals surface area contributed by atoms with Gasteiger partial charge >= 0.3 is 0 Å². The number of hydrogen-bond donors (Lipinski definition) is 1. The second-order valence-electron chi connectivity index (χ2n) is 3.74. The first-order valence-electron chi connectivity index (χ1n) is 4.53. The number of amides is 1. The number of nitrogens with zero attached hydrogens (tertiary/aromatic N) is 2. The molecule has 1 unspecified atom stereocenters. The van der Waals surface area contributed by atoms with Crippen LogP contribution in [-0.4, -0.2) is 29.4 Å². The fourth-order valence-corrected chi connectivity index (χ4v) is 1.26. The smallest absolute Gasteiger partial charge is 0.240 e. The van der Waals surface area contributed by atoms with Crippen molar-refractivity contribution in [3.63, 3.8) is 0 Å². The van der Waals surface area contributed by atoms with Crippen molar-refractivity contribution >= 4 is 5.91 Å². The summed E-state index contributed by atoms with van der Waals surface area (Å²) in [4.78, 5) is 13.1. The predicted molar refractivity (Wildman–Crippen MR) is 48.5 cm³/mol. The third-order valence-electron chi connectivity index (χ3n) is 2.46. The van der Waals surface area contributed by atoms with E-state index in [4.69, 9.17) is 11.0 Å². The highest BCUT2D eigenvalue weighted by Crippen LogP contribution is 2.18. The minimum Gasteiger partial charge on any atom is -0.325 e. The van der Waals surface area contributed by atoms with Crippen molar-refractivity contribution in [2.75, 3.05) is 6.54 Å². The fourth-order valence-electron chi connectivity index (χ4n) is 1.26. The minimum atomic E-state index is -0.462. The van der Waals surface area contributed by atoms with Gasteiger partial charge in [0.1, 0.15) is 6.04 Å². The SMILES string of the molecule is CC(C)[C@H](N)C(=O)N1CCC1C#N. The van der Waals surface area contributed by atoms with Crippen molar-refractivity contribution in [2.45, 2.75) is 32.4 Å². The molecule has 1 rings (SSSR count). The van der Waals surface area contributed by atoms with Crippen LogP contribution in [0.4, 0.5) is 0 Å². The molecule has 1 aliphatic rings. The molecule has 4 nitrogen and oxygen atoms in total. The molecule has 1 heterocycles. The molecule has 1 aliphatic heterocycles. The van der Waals surface area contributed by atoms with Crippen LogP contribution in [0.25, 0.3) is 0 Å². The van der Waals surface area contributed by atoms with Crippen LogP contribution in [0.2, 0.25) is 0 Å². The average Bonchev–Trinajstić information content (AvgIpc) is 2.01. The van der Waals surface area contributed by atoms with E-state index in [2.05, 4.69) is 6.07 Å². The first kappa shape index (κ1) is 10.0. The van der Waals surface area contributed by atoms with Gasteiger partial charge in [0.15, 0.2) is 0 Å². The van der Waals surface area contributed by atoms with E-state index >= 15 is 0 Å². The first-order chi connectivity index (χ1) is 6.07. The fraction of sp³-hybridized carbons (Fsp3) is 0.778. The summed E-state index contributed by atoms with van der Waals surface area (Å²) in [6.07, 6.45) is 0.785. The zero-order valence-electron chi connectivity index (χ0n) is 8.03. The molecule has 13 heavy (non-hydrogen) atoms. The number of nitriles is 1. The average molecular weight is 181 g/mol. The van der Waals surface area contributed by atoms with Gasteiger partial charge in [-0.25, -0.2) is 0 Å². The number of carbonyl (C=O) groups is 1. The molecule has 0 aromatic carbocycles. The standard InChI is InChI=1S/C9H15N3O/c1-6(2)8(11)9(13)12-4-3-7(12)5-10/h6-8H,3-4,11H2,1-2H3/t7?,8-/m0/s1. The molecule has 0 bridgehead atoms. The summed E-state index contributed by atoms with van der Waals surface area (Å²) >= 11 is 0. The molecule has 0 aromatic rings. The van der Waals surface area contributed by atoms with E-state index in [9.17, 15) is 4.79 Å². The van der Waals surface area contributed by atoms with Crippen molar-refractivity contribution in [3.05, 3.63) is 0 Å². The Morgan fingerprint density at radius 2 is 2.31 bits per heavy atom. The first-order valence-corrected chi connectivity index (χ1v) is 4.53. The molecule has 0 saturated carbocycles. The highest BCUT2D eigenvalue weighted by molar-refractivity contribution is 5.83. The highest BCUT2D eigenvalue weighted by atomic mass is 16.2. The van der Waals surface area contributed by atoms with Gasteiger partial charge in [-0.15, -0.1) is 0 Å². The van der Waals surface area contributed by atoms with E-state index in [1.807, 2.05) is 13.8 Å². The van der Waals surface area contributed by atoms with Gasteiger partial charge in [-0.1, -0.05) is 13.8 Å². The van der Waals surface area contributed by atoms with Gasteiger partial charge in [-0.3, -0.25) is 4.79 Å². The quantitative estimate of drug-likeness (QED) is 0.656. The zero-order chi connectivity index (χ0) is 10.0. The number of hydrogen-bond acceptors (Lipinski definition) is 3. The van der Waals surface area contributed by atoms with E-state index in [0.29, 0.717) is 6.54 Å². The normalized spacial score (nSPS) is 23.6. The van der Waals surface area contributed by atoms with Crippen LogP contribution in [0.1, 0.15) is 20.3 Å². The monoisotopic (exact) mass is 181 g/mol. The van der Waals surface area contributed by atoms with Crippen molar-refractivity contribution < 1.29 is 4.79 Å². The summed E-state index contributed by atoms with van der Waals surface area (Å²) in [5, 5.41) is 8.64. The summed E-state index contributed by atoms with van der Waals surface area (Å²) in [5.74, 6) is 0.0419. The molecule has 1 amide bonds. The number of likely N-dealkylation sites (tertiary alicyclic amines) is 1. The lowest BCUT2D eigenvalue weighted by atomic mass is 9.98. The van der Waals surface area contributed by atoms with E-state index in [1.165, 1.54) is 0 Å². The Kier molecular flexibility index (Phi) is 2.89. The Balaban J connectivity index is 2.54. The summed E-state index contributed by atoms with van der Waals surface area (Å²) in [5.41, 5.74) is 5.69. The molecule has 2 atom stereocenters. The maximum atomic E-state index is 11.6. The number of carbonyl (C=O) groups excluding carboxylic acids is 1. The molecule has 0 spiro atoms. The Bertz CT molecular complexity index is 244. The summed E-state index contributed by atoms with van der Waals surface area (Å²) < 4.78 is 0. The Morgan fingerprint density at radius 1 is 1.69 bits per heavy atom. The Hall–Kier alpha value is -1.08. The van der Waals surface area contributed by atoms with E-state index in [0.717, 1.165) is 6.42 Å². The molecular formula is C9H15N3O. The van der Waals surface area contributed by atoms with E-state index in [1.54, 1.807) is 4.90 Å². The lowest BCUT2D eigenvalue weighted by Gasteiger charge is -2.38. The second kappa shape index (κ2) is 3.75. The highest BCUT2D eigenvalue weighted by Gasteiger charge is 2.35. The molecule has 0 radical (unpaired) electrons. The molecule has 4 heteroatoms. The van der Waals surface area contributed by atoms with Crippen molar-refractivity contribution in [1.29, 1.82) is 5.26 Å². The van der Waals surface area contributed by atoms with E-state index < -0.39 is 6.04 Å². The minimum absolute atomic E-state index is 0.0900. The van der Waals surface area contributed by atoms with Gasteiger partial charge in [0.25, 0.3) is 0 Å². The van der Waals surface area contributed by atoms with Crippen molar-refractivity contribution in [3.8, 4) is 6.07 Å². The predicted octanol–water partition coefficient (Wildman–Crippen LogP) is 0.0942. The zero-order valence-corrected chi connectivity index (χ0v) is 8.03. The lowest BCUT2D eigenvalue weighted by molar-refractivity contribution is -0.139. The lowest BCUT2D eigenvalue weighted by Crippen LogP contribution is -2.56. The van der Waals surface area contributed by atoms with Crippen LogP contribution in [0, 0.1) is 17.2 Å². The van der Waals surface area contributed by atoms with Gasteiger partial charge in [0, 0.05) is 6.54 Å². The third kappa shape index (κ3) is 1.81. The maximum Gasteiger partial charge on any atom is 0.240 e. The van der Waals surface area contributed by atoms with Crippen LogP contribution in [0.15, 0.2) is 0 Å². The van der Waals surface area contributed by atoms with Crippen LogP contribution in [0.5, 0.6) is 0 Å². The van der Waals surface area contributed by atoms with Gasteiger partial charge in [0.2, 0.25) is 5.91 Å². The Labute approximate surface area is 78.3 Å². The largest absolute Gasteiger partial charge is 0.325 e. The molecule has 0 aliphatic carbocycles. The molecular weight excluding hydrogens is 166 g/mol. The van der Waals surface area contributed by atoms with Gasteiger partial charge in [-0.05, 0) is 12.3 Å². The molecule has 0 aromatic heterocycles.